The number of benzene rings is 1. The minimum absolute atomic E-state index is 0.0346. The van der Waals surface area contributed by atoms with Crippen LogP contribution in [0.15, 0.2) is 63.5 Å². The fourth-order valence-electron chi connectivity index (χ4n) is 2.33. The number of hydrogen-bond donors (Lipinski definition) is 2. The van der Waals surface area contributed by atoms with Crippen LogP contribution in [0.5, 0.6) is 0 Å². The summed E-state index contributed by atoms with van der Waals surface area (Å²) in [7, 11) is -3.59. The molecule has 2 amide bonds. The second-order valence-electron chi connectivity index (χ2n) is 5.33. The maximum Gasteiger partial charge on any atom is 0.319 e. The van der Waals surface area contributed by atoms with Gasteiger partial charge in [-0.05, 0) is 41.1 Å². The number of halogens is 1. The molecule has 5 nitrogen and oxygen atoms in total. The molecule has 26 heavy (non-hydrogen) atoms. The molecule has 0 saturated carbocycles. The SMILES string of the molecule is O=C(NC[C@H](c1cccs1)S(=O)(=O)c1cccs1)Nc1cccc(Cl)c1. The van der Waals surface area contributed by atoms with E-state index in [1.807, 2.05) is 5.38 Å². The quantitative estimate of drug-likeness (QED) is 0.594. The molecule has 0 bridgehead atoms. The third-order valence-corrected chi connectivity index (χ3v) is 8.43. The lowest BCUT2D eigenvalue weighted by Gasteiger charge is -2.16. The largest absolute Gasteiger partial charge is 0.336 e. The number of rotatable bonds is 6. The number of amides is 2. The van der Waals surface area contributed by atoms with Crippen molar-refractivity contribution < 1.29 is 13.2 Å². The van der Waals surface area contributed by atoms with Gasteiger partial charge in [0, 0.05) is 22.1 Å². The Kier molecular flexibility index (Phi) is 5.98. The summed E-state index contributed by atoms with van der Waals surface area (Å²) in [5.74, 6) is 0. The van der Waals surface area contributed by atoms with Gasteiger partial charge < -0.3 is 10.6 Å². The fourth-order valence-corrected chi connectivity index (χ4v) is 6.51. The first-order valence-corrected chi connectivity index (χ1v) is 11.3. The van der Waals surface area contributed by atoms with Gasteiger partial charge in [0.15, 0.2) is 9.84 Å². The van der Waals surface area contributed by atoms with Crippen molar-refractivity contribution in [1.82, 2.24) is 5.32 Å². The van der Waals surface area contributed by atoms with Gasteiger partial charge in [0.25, 0.3) is 0 Å². The predicted molar refractivity (Wildman–Crippen MR) is 107 cm³/mol. The Morgan fingerprint density at radius 3 is 2.50 bits per heavy atom. The number of anilines is 1. The zero-order valence-corrected chi connectivity index (χ0v) is 16.6. The molecule has 3 rings (SSSR count). The summed E-state index contributed by atoms with van der Waals surface area (Å²) in [6.07, 6.45) is 0. The molecular weight excluding hydrogens is 412 g/mol. The van der Waals surface area contributed by atoms with Crippen LogP contribution in [0.25, 0.3) is 0 Å². The summed E-state index contributed by atoms with van der Waals surface area (Å²) >= 11 is 8.41. The molecule has 0 radical (unpaired) electrons. The zero-order valence-electron chi connectivity index (χ0n) is 13.4. The molecule has 1 aromatic carbocycles. The maximum absolute atomic E-state index is 12.9. The van der Waals surface area contributed by atoms with Gasteiger partial charge in [0.1, 0.15) is 9.46 Å². The molecule has 3 aromatic rings. The second kappa shape index (κ2) is 8.22. The molecule has 136 valence electrons. The van der Waals surface area contributed by atoms with Gasteiger partial charge in [0.2, 0.25) is 0 Å². The van der Waals surface area contributed by atoms with Gasteiger partial charge in [-0.25, -0.2) is 13.2 Å². The summed E-state index contributed by atoms with van der Waals surface area (Å²) in [6.45, 7) is -0.0346. The van der Waals surface area contributed by atoms with Crippen LogP contribution in [0.1, 0.15) is 10.1 Å². The van der Waals surface area contributed by atoms with Gasteiger partial charge in [-0.15, -0.1) is 22.7 Å². The highest BCUT2D eigenvalue weighted by Gasteiger charge is 2.31. The van der Waals surface area contributed by atoms with E-state index < -0.39 is 21.1 Å². The van der Waals surface area contributed by atoms with Crippen LogP contribution in [0.4, 0.5) is 10.5 Å². The first-order chi connectivity index (χ1) is 12.5. The van der Waals surface area contributed by atoms with E-state index in [9.17, 15) is 13.2 Å². The van der Waals surface area contributed by atoms with Crippen LogP contribution in [-0.2, 0) is 9.84 Å². The van der Waals surface area contributed by atoms with Crippen molar-refractivity contribution in [3.63, 3.8) is 0 Å². The molecule has 9 heteroatoms. The highest BCUT2D eigenvalue weighted by molar-refractivity contribution is 7.93. The van der Waals surface area contributed by atoms with E-state index in [1.165, 1.54) is 22.7 Å². The monoisotopic (exact) mass is 426 g/mol. The Balaban J connectivity index is 1.74. The summed E-state index contributed by atoms with van der Waals surface area (Å²) in [5, 5.41) is 8.49. The smallest absolute Gasteiger partial charge is 0.319 e. The van der Waals surface area contributed by atoms with Crippen molar-refractivity contribution in [3.8, 4) is 0 Å². The van der Waals surface area contributed by atoms with Crippen LogP contribution in [0, 0.1) is 0 Å². The fraction of sp³-hybridized carbons (Fsp3) is 0.118. The van der Waals surface area contributed by atoms with E-state index in [1.54, 1.807) is 53.9 Å². The lowest BCUT2D eigenvalue weighted by Crippen LogP contribution is -2.34. The number of thiophene rings is 2. The Bertz CT molecular complexity index is 971. The van der Waals surface area contributed by atoms with E-state index in [0.717, 1.165) is 0 Å². The van der Waals surface area contributed by atoms with Gasteiger partial charge in [-0.1, -0.05) is 29.8 Å². The number of urea groups is 1. The number of carbonyl (C=O) groups is 1. The van der Waals surface area contributed by atoms with E-state index in [4.69, 9.17) is 11.6 Å². The molecule has 2 N–H and O–H groups in total. The molecule has 0 unspecified atom stereocenters. The number of sulfone groups is 1. The molecule has 2 aromatic heterocycles. The normalized spacial score (nSPS) is 12.5. The minimum atomic E-state index is -3.59. The maximum atomic E-state index is 12.9. The first-order valence-electron chi connectivity index (χ1n) is 7.58. The van der Waals surface area contributed by atoms with Crippen LogP contribution < -0.4 is 10.6 Å². The van der Waals surface area contributed by atoms with Crippen molar-refractivity contribution in [1.29, 1.82) is 0 Å². The third-order valence-electron chi connectivity index (χ3n) is 3.54. The number of nitrogens with one attached hydrogen (secondary N) is 2. The molecule has 1 atom stereocenters. The number of hydrogen-bond acceptors (Lipinski definition) is 5. The van der Waals surface area contributed by atoms with Crippen LogP contribution in [-0.4, -0.2) is 21.0 Å². The summed E-state index contributed by atoms with van der Waals surface area (Å²) in [4.78, 5) is 12.8. The first kappa shape index (κ1) is 18.9. The summed E-state index contributed by atoms with van der Waals surface area (Å²) in [5.41, 5.74) is 0.531. The van der Waals surface area contributed by atoms with Crippen molar-refractivity contribution in [2.45, 2.75) is 9.46 Å². The van der Waals surface area contributed by atoms with Crippen molar-refractivity contribution in [2.24, 2.45) is 0 Å². The summed E-state index contributed by atoms with van der Waals surface area (Å²) in [6, 6.07) is 13.1. The zero-order chi connectivity index (χ0) is 18.6. The highest BCUT2D eigenvalue weighted by atomic mass is 35.5. The average molecular weight is 427 g/mol. The minimum Gasteiger partial charge on any atom is -0.336 e. The van der Waals surface area contributed by atoms with E-state index in [2.05, 4.69) is 10.6 Å². The van der Waals surface area contributed by atoms with E-state index in [0.29, 0.717) is 15.6 Å². The van der Waals surface area contributed by atoms with Gasteiger partial charge in [-0.3, -0.25) is 0 Å². The van der Waals surface area contributed by atoms with Crippen molar-refractivity contribution in [2.75, 3.05) is 11.9 Å². The Hall–Kier alpha value is -1.87. The van der Waals surface area contributed by atoms with Crippen LogP contribution >= 0.6 is 34.3 Å². The molecule has 0 aliphatic heterocycles. The van der Waals surface area contributed by atoms with Gasteiger partial charge in [-0.2, -0.15) is 0 Å². The molecule has 0 saturated heterocycles. The molecule has 0 spiro atoms. The average Bonchev–Trinajstić information content (AvgIpc) is 3.29. The van der Waals surface area contributed by atoms with Gasteiger partial charge >= 0.3 is 6.03 Å². The third kappa shape index (κ3) is 4.45. The number of carbonyl (C=O) groups excluding carboxylic acids is 1. The molecule has 2 heterocycles. The molecule has 0 fully saturated rings. The topological polar surface area (TPSA) is 75.3 Å². The Morgan fingerprint density at radius 2 is 1.85 bits per heavy atom. The van der Waals surface area contributed by atoms with Crippen molar-refractivity contribution >= 4 is 55.8 Å². The summed E-state index contributed by atoms with van der Waals surface area (Å²) < 4.78 is 26.2. The molecule has 0 aliphatic carbocycles. The van der Waals surface area contributed by atoms with Crippen LogP contribution in [0.2, 0.25) is 5.02 Å². The van der Waals surface area contributed by atoms with Crippen LogP contribution in [0.3, 0.4) is 0 Å². The predicted octanol–water partition coefficient (Wildman–Crippen LogP) is 4.80. The Morgan fingerprint density at radius 1 is 1.08 bits per heavy atom. The molecule has 0 aliphatic rings. The van der Waals surface area contributed by atoms with E-state index >= 15 is 0 Å². The van der Waals surface area contributed by atoms with E-state index in [-0.39, 0.29) is 10.8 Å². The van der Waals surface area contributed by atoms with Crippen molar-refractivity contribution in [3.05, 3.63) is 69.2 Å². The standard InChI is InChI=1S/C17H15ClN2O3S3/c18-12-4-1-5-13(10-12)20-17(21)19-11-15(14-6-2-8-24-14)26(22,23)16-7-3-9-25-16/h1-10,15H,11H2,(H2,19,20,21)/t15-/m1/s1. The second-order valence-corrected chi connectivity index (χ2v) is 10.0. The lowest BCUT2D eigenvalue weighted by atomic mass is 10.3. The van der Waals surface area contributed by atoms with Gasteiger partial charge in [0.05, 0.1) is 0 Å². The molecular formula is C17H15ClN2O3S3. The lowest BCUT2D eigenvalue weighted by molar-refractivity contribution is 0.252. The Labute approximate surface area is 164 Å². The highest BCUT2D eigenvalue weighted by Crippen LogP contribution is 2.33.